The van der Waals surface area contributed by atoms with E-state index in [1.165, 1.54) is 23.5 Å². The second-order valence-electron chi connectivity index (χ2n) is 4.99. The van der Waals surface area contributed by atoms with Gasteiger partial charge in [-0.1, -0.05) is 66.7 Å². The van der Waals surface area contributed by atoms with Crippen LogP contribution < -0.4 is 0 Å². The molecule has 0 unspecified atom stereocenters. The maximum Gasteiger partial charge on any atom is 0.224 e. The van der Waals surface area contributed by atoms with E-state index in [9.17, 15) is 9.59 Å². The first-order valence-corrected chi connectivity index (χ1v) is 9.00. The summed E-state index contributed by atoms with van der Waals surface area (Å²) in [5.41, 5.74) is 1.34. The van der Waals surface area contributed by atoms with E-state index in [4.69, 9.17) is 0 Å². The number of thioether (sulfide) groups is 2. The minimum atomic E-state index is -0.00728. The predicted molar refractivity (Wildman–Crippen MR) is 99.7 cm³/mol. The summed E-state index contributed by atoms with van der Waals surface area (Å²) in [6.07, 6.45) is 0. The molecule has 118 valence electrons. The summed E-state index contributed by atoms with van der Waals surface area (Å²) < 4.78 is 0. The van der Waals surface area contributed by atoms with Crippen molar-refractivity contribution in [3.05, 3.63) is 96.1 Å². The van der Waals surface area contributed by atoms with Crippen molar-refractivity contribution in [2.45, 2.75) is 9.79 Å². The Hall–Kier alpha value is -2.30. The molecule has 3 rings (SSSR count). The zero-order valence-corrected chi connectivity index (χ0v) is 14.3. The van der Waals surface area contributed by atoms with Crippen LogP contribution in [0.1, 0.15) is 20.7 Å². The molecule has 0 bridgehead atoms. The Labute approximate surface area is 149 Å². The van der Waals surface area contributed by atoms with E-state index in [2.05, 4.69) is 0 Å². The van der Waals surface area contributed by atoms with Crippen molar-refractivity contribution >= 4 is 33.8 Å². The Kier molecular flexibility index (Phi) is 5.51. The first-order valence-electron chi connectivity index (χ1n) is 7.37. The van der Waals surface area contributed by atoms with E-state index in [1.54, 1.807) is 24.3 Å². The molecule has 0 aliphatic heterocycles. The van der Waals surface area contributed by atoms with Crippen molar-refractivity contribution in [1.82, 2.24) is 0 Å². The van der Waals surface area contributed by atoms with Crippen LogP contribution in [-0.4, -0.2) is 10.2 Å². The van der Waals surface area contributed by atoms with Gasteiger partial charge in [0.05, 0.1) is 0 Å². The van der Waals surface area contributed by atoms with Crippen LogP contribution in [0.2, 0.25) is 0 Å². The van der Waals surface area contributed by atoms with Crippen LogP contribution >= 0.6 is 23.5 Å². The van der Waals surface area contributed by atoms with E-state index < -0.39 is 0 Å². The van der Waals surface area contributed by atoms with Gasteiger partial charge in [0.15, 0.2) is 0 Å². The van der Waals surface area contributed by atoms with Crippen molar-refractivity contribution < 1.29 is 9.59 Å². The van der Waals surface area contributed by atoms with Crippen LogP contribution in [0, 0.1) is 0 Å². The third-order valence-electron chi connectivity index (χ3n) is 3.25. The van der Waals surface area contributed by atoms with Crippen LogP contribution in [0.3, 0.4) is 0 Å². The maximum absolute atomic E-state index is 12.3. The predicted octanol–water partition coefficient (Wildman–Crippen LogP) is 5.55. The van der Waals surface area contributed by atoms with E-state index in [0.29, 0.717) is 11.1 Å². The fourth-order valence-corrected chi connectivity index (χ4v) is 3.76. The van der Waals surface area contributed by atoms with Crippen molar-refractivity contribution in [2.75, 3.05) is 0 Å². The van der Waals surface area contributed by atoms with Crippen molar-refractivity contribution in [3.63, 3.8) is 0 Å². The van der Waals surface area contributed by atoms with Gasteiger partial charge in [-0.3, -0.25) is 9.59 Å². The molecule has 0 spiro atoms. The van der Waals surface area contributed by atoms with Crippen molar-refractivity contribution in [3.8, 4) is 0 Å². The lowest BCUT2D eigenvalue weighted by molar-refractivity contribution is 0.108. The van der Waals surface area contributed by atoms with Gasteiger partial charge in [-0.15, -0.1) is 0 Å². The monoisotopic (exact) mass is 350 g/mol. The van der Waals surface area contributed by atoms with Crippen molar-refractivity contribution in [1.29, 1.82) is 0 Å². The summed E-state index contributed by atoms with van der Waals surface area (Å²) >= 11 is 2.34. The van der Waals surface area contributed by atoms with Crippen LogP contribution in [0.15, 0.2) is 94.7 Å². The summed E-state index contributed by atoms with van der Waals surface area (Å²) in [6.45, 7) is 0. The molecule has 3 aromatic carbocycles. The lowest BCUT2D eigenvalue weighted by Crippen LogP contribution is -1.94. The molecule has 24 heavy (non-hydrogen) atoms. The minimum absolute atomic E-state index is 0.00728. The largest absolute Gasteiger partial charge is 0.281 e. The lowest BCUT2D eigenvalue weighted by atomic mass is 10.2. The molecule has 4 heteroatoms. The molecule has 0 saturated heterocycles. The van der Waals surface area contributed by atoms with Gasteiger partial charge in [0.25, 0.3) is 0 Å². The summed E-state index contributed by atoms with van der Waals surface area (Å²) in [5.74, 6) is 0. The summed E-state index contributed by atoms with van der Waals surface area (Å²) in [7, 11) is 0. The van der Waals surface area contributed by atoms with Gasteiger partial charge in [0.2, 0.25) is 10.2 Å². The molecular weight excluding hydrogens is 336 g/mol. The quantitative estimate of drug-likeness (QED) is 0.578. The van der Waals surface area contributed by atoms with E-state index in [1.807, 2.05) is 60.7 Å². The van der Waals surface area contributed by atoms with E-state index >= 15 is 0 Å². The Balaban J connectivity index is 1.70. The molecule has 0 radical (unpaired) electrons. The van der Waals surface area contributed by atoms with Gasteiger partial charge < -0.3 is 0 Å². The average molecular weight is 350 g/mol. The third-order valence-corrected chi connectivity index (χ3v) is 5.07. The number of benzene rings is 3. The maximum atomic E-state index is 12.3. The number of hydrogen-bond acceptors (Lipinski definition) is 4. The van der Waals surface area contributed by atoms with Gasteiger partial charge in [-0.2, -0.15) is 0 Å². The van der Waals surface area contributed by atoms with Gasteiger partial charge in [-0.25, -0.2) is 0 Å². The van der Waals surface area contributed by atoms with Gasteiger partial charge in [0, 0.05) is 20.9 Å². The van der Waals surface area contributed by atoms with E-state index in [-0.39, 0.29) is 10.2 Å². The molecule has 2 nitrogen and oxygen atoms in total. The Morgan fingerprint density at radius 2 is 0.958 bits per heavy atom. The van der Waals surface area contributed by atoms with Crippen LogP contribution in [0.5, 0.6) is 0 Å². The van der Waals surface area contributed by atoms with Gasteiger partial charge in [0.1, 0.15) is 0 Å². The SMILES string of the molecule is O=C(Sc1cccc(SC(=O)c2ccccc2)c1)c1ccccc1. The second kappa shape index (κ2) is 7.99. The topological polar surface area (TPSA) is 34.1 Å². The molecule has 0 aliphatic rings. The minimum Gasteiger partial charge on any atom is -0.281 e. The second-order valence-corrected chi connectivity index (χ2v) is 7.08. The molecule has 3 aromatic rings. The normalized spacial score (nSPS) is 10.3. The fourth-order valence-electron chi connectivity index (χ4n) is 2.08. The van der Waals surface area contributed by atoms with Crippen LogP contribution in [0.4, 0.5) is 0 Å². The molecule has 0 N–H and O–H groups in total. The number of rotatable bonds is 4. The lowest BCUT2D eigenvalue weighted by Gasteiger charge is -2.04. The first-order chi connectivity index (χ1) is 11.7. The van der Waals surface area contributed by atoms with E-state index in [0.717, 1.165) is 9.79 Å². The molecule has 0 fully saturated rings. The molecule has 0 saturated carbocycles. The van der Waals surface area contributed by atoms with Crippen LogP contribution in [-0.2, 0) is 0 Å². The molecule has 0 atom stereocenters. The molecule has 0 aliphatic carbocycles. The van der Waals surface area contributed by atoms with Crippen molar-refractivity contribution in [2.24, 2.45) is 0 Å². The zero-order valence-electron chi connectivity index (χ0n) is 12.7. The van der Waals surface area contributed by atoms with Gasteiger partial charge in [-0.05, 0) is 41.7 Å². The van der Waals surface area contributed by atoms with Crippen LogP contribution in [0.25, 0.3) is 0 Å². The third kappa shape index (κ3) is 4.37. The molecule has 0 heterocycles. The highest BCUT2D eigenvalue weighted by atomic mass is 32.2. The standard InChI is InChI=1S/C20H14O2S2/c21-19(15-8-3-1-4-9-15)23-17-12-7-13-18(14-17)24-20(22)16-10-5-2-6-11-16/h1-14H. The number of hydrogen-bond donors (Lipinski definition) is 0. The smallest absolute Gasteiger partial charge is 0.224 e. The molecule has 0 aromatic heterocycles. The fraction of sp³-hybridized carbons (Fsp3) is 0. The molecular formula is C20H14O2S2. The summed E-state index contributed by atoms with van der Waals surface area (Å²) in [5, 5.41) is -0.0146. The summed E-state index contributed by atoms with van der Waals surface area (Å²) in [6, 6.07) is 25.8. The Morgan fingerprint density at radius 1 is 0.542 bits per heavy atom. The first kappa shape index (κ1) is 16.6. The Morgan fingerprint density at radius 3 is 1.38 bits per heavy atom. The number of carbonyl (C=O) groups is 2. The summed E-state index contributed by atoms with van der Waals surface area (Å²) in [4.78, 5) is 26.2. The Bertz CT molecular complexity index is 777. The highest BCUT2D eigenvalue weighted by Gasteiger charge is 2.11. The molecule has 0 amide bonds. The zero-order chi connectivity index (χ0) is 16.8. The number of carbonyl (C=O) groups excluding carboxylic acids is 2. The average Bonchev–Trinajstić information content (AvgIpc) is 2.63. The highest BCUT2D eigenvalue weighted by Crippen LogP contribution is 2.29. The van der Waals surface area contributed by atoms with Gasteiger partial charge >= 0.3 is 0 Å². The highest BCUT2D eigenvalue weighted by molar-refractivity contribution is 8.14.